The van der Waals surface area contributed by atoms with Crippen LogP contribution in [0.25, 0.3) is 0 Å². The summed E-state index contributed by atoms with van der Waals surface area (Å²) >= 11 is 1.43. The first kappa shape index (κ1) is 11.4. The predicted octanol–water partition coefficient (Wildman–Crippen LogP) is 0.369. The molecule has 0 aromatic carbocycles. The van der Waals surface area contributed by atoms with Crippen LogP contribution in [0.5, 0.6) is 0 Å². The number of hydrogen-bond donors (Lipinski definition) is 2. The summed E-state index contributed by atoms with van der Waals surface area (Å²) in [5.41, 5.74) is 1.67. The Morgan fingerprint density at radius 1 is 1.67 bits per heavy atom. The number of aliphatic carboxylic acids is 1. The molecule has 0 radical (unpaired) electrons. The average molecular weight is 229 g/mol. The van der Waals surface area contributed by atoms with Gasteiger partial charge >= 0.3 is 12.0 Å². The lowest BCUT2D eigenvalue weighted by Gasteiger charge is -2.14. The van der Waals surface area contributed by atoms with Gasteiger partial charge in [-0.3, -0.25) is 9.78 Å². The van der Waals surface area contributed by atoms with Crippen LogP contribution >= 0.6 is 11.3 Å². The molecule has 6 nitrogen and oxygen atoms in total. The van der Waals surface area contributed by atoms with Gasteiger partial charge in [-0.2, -0.15) is 0 Å². The lowest BCUT2D eigenvalue weighted by molar-refractivity contribution is -0.137. The summed E-state index contributed by atoms with van der Waals surface area (Å²) in [5, 5.41) is 11.0. The molecule has 0 atom stereocenters. The molecule has 0 fully saturated rings. The monoisotopic (exact) mass is 229 g/mol. The summed E-state index contributed by atoms with van der Waals surface area (Å²) in [6, 6.07) is -0.411. The SMILES string of the molecule is CN(CC(=O)O)C(=O)NCc1cncs1. The molecular formula is C8H11N3O3S. The van der Waals surface area contributed by atoms with Gasteiger partial charge in [-0.25, -0.2) is 4.79 Å². The van der Waals surface area contributed by atoms with E-state index in [0.29, 0.717) is 6.54 Å². The van der Waals surface area contributed by atoms with Crippen molar-refractivity contribution in [2.24, 2.45) is 0 Å². The van der Waals surface area contributed by atoms with E-state index in [1.54, 1.807) is 11.7 Å². The highest BCUT2D eigenvalue weighted by Crippen LogP contribution is 2.04. The quantitative estimate of drug-likeness (QED) is 0.781. The van der Waals surface area contributed by atoms with Crippen LogP contribution in [0.15, 0.2) is 11.7 Å². The van der Waals surface area contributed by atoms with Crippen molar-refractivity contribution in [3.63, 3.8) is 0 Å². The Labute approximate surface area is 90.5 Å². The van der Waals surface area contributed by atoms with E-state index < -0.39 is 12.0 Å². The van der Waals surface area contributed by atoms with Crippen molar-refractivity contribution in [1.29, 1.82) is 0 Å². The minimum absolute atomic E-state index is 0.311. The summed E-state index contributed by atoms with van der Waals surface area (Å²) in [5.74, 6) is -1.04. The van der Waals surface area contributed by atoms with Gasteiger partial charge in [-0.1, -0.05) is 0 Å². The molecule has 2 amide bonds. The third-order valence-corrected chi connectivity index (χ3v) is 2.40. The van der Waals surface area contributed by atoms with Crippen molar-refractivity contribution in [3.05, 3.63) is 16.6 Å². The largest absolute Gasteiger partial charge is 0.480 e. The van der Waals surface area contributed by atoms with Crippen LogP contribution in [0.3, 0.4) is 0 Å². The van der Waals surface area contributed by atoms with Crippen molar-refractivity contribution < 1.29 is 14.7 Å². The fourth-order valence-electron chi connectivity index (χ4n) is 0.902. The Kier molecular flexibility index (Phi) is 4.04. The lowest BCUT2D eigenvalue weighted by Crippen LogP contribution is -2.39. The normalized spacial score (nSPS) is 9.67. The number of carboxylic acid groups (broad SMARTS) is 1. The first-order valence-corrected chi connectivity index (χ1v) is 5.05. The highest BCUT2D eigenvalue weighted by molar-refractivity contribution is 7.09. The number of nitrogens with one attached hydrogen (secondary N) is 1. The van der Waals surface area contributed by atoms with Gasteiger partial charge in [0.2, 0.25) is 0 Å². The number of likely N-dealkylation sites (N-methyl/N-ethyl adjacent to an activating group) is 1. The molecule has 82 valence electrons. The van der Waals surface area contributed by atoms with Crippen LogP contribution in [0, 0.1) is 0 Å². The zero-order chi connectivity index (χ0) is 11.3. The third kappa shape index (κ3) is 3.94. The van der Waals surface area contributed by atoms with Gasteiger partial charge in [0.15, 0.2) is 0 Å². The summed E-state index contributed by atoms with van der Waals surface area (Å²) in [6.07, 6.45) is 1.65. The van der Waals surface area contributed by atoms with Gasteiger partial charge in [0, 0.05) is 18.1 Å². The van der Waals surface area contributed by atoms with Crippen molar-refractivity contribution in [1.82, 2.24) is 15.2 Å². The number of urea groups is 1. The number of nitrogens with zero attached hydrogens (tertiary/aromatic N) is 2. The number of amides is 2. The van der Waals surface area contributed by atoms with Crippen LogP contribution in [0.1, 0.15) is 4.88 Å². The molecule has 1 rings (SSSR count). The first-order chi connectivity index (χ1) is 7.09. The van der Waals surface area contributed by atoms with E-state index in [1.165, 1.54) is 18.4 Å². The topological polar surface area (TPSA) is 82.5 Å². The molecule has 1 heterocycles. The van der Waals surface area contributed by atoms with E-state index in [-0.39, 0.29) is 6.54 Å². The van der Waals surface area contributed by atoms with Crippen molar-refractivity contribution >= 4 is 23.3 Å². The number of thiazole rings is 1. The Morgan fingerprint density at radius 2 is 2.40 bits per heavy atom. The molecule has 7 heteroatoms. The Hall–Kier alpha value is -1.63. The van der Waals surface area contributed by atoms with Crippen LogP contribution in [-0.2, 0) is 11.3 Å². The van der Waals surface area contributed by atoms with Crippen molar-refractivity contribution in [2.75, 3.05) is 13.6 Å². The number of carbonyl (C=O) groups excluding carboxylic acids is 1. The van der Waals surface area contributed by atoms with E-state index in [1.807, 2.05) is 0 Å². The molecule has 0 unspecified atom stereocenters. The summed E-state index contributed by atoms with van der Waals surface area (Å²) in [7, 11) is 1.43. The maximum absolute atomic E-state index is 11.3. The number of aromatic nitrogens is 1. The van der Waals surface area contributed by atoms with E-state index in [2.05, 4.69) is 10.3 Å². The maximum Gasteiger partial charge on any atom is 0.323 e. The van der Waals surface area contributed by atoms with Gasteiger partial charge in [0.25, 0.3) is 0 Å². The lowest BCUT2D eigenvalue weighted by atomic mass is 10.5. The third-order valence-electron chi connectivity index (χ3n) is 1.62. The minimum atomic E-state index is -1.04. The zero-order valence-corrected chi connectivity index (χ0v) is 8.95. The molecule has 0 aliphatic carbocycles. The smallest absolute Gasteiger partial charge is 0.323 e. The predicted molar refractivity (Wildman–Crippen MR) is 54.6 cm³/mol. The van der Waals surface area contributed by atoms with Gasteiger partial charge in [-0.05, 0) is 0 Å². The molecule has 0 saturated carbocycles. The molecule has 0 aliphatic heterocycles. The second-order valence-electron chi connectivity index (χ2n) is 2.88. The fraction of sp³-hybridized carbons (Fsp3) is 0.375. The maximum atomic E-state index is 11.3. The molecule has 0 bridgehead atoms. The standard InChI is InChI=1S/C8H11N3O3S/c1-11(4-7(12)13)8(14)10-3-6-2-9-5-15-6/h2,5H,3-4H2,1H3,(H,10,14)(H,12,13). The molecular weight excluding hydrogens is 218 g/mol. The molecule has 2 N–H and O–H groups in total. The zero-order valence-electron chi connectivity index (χ0n) is 8.14. The number of carbonyl (C=O) groups is 2. The van der Waals surface area contributed by atoms with E-state index in [4.69, 9.17) is 5.11 Å². The molecule has 0 aliphatic rings. The van der Waals surface area contributed by atoms with Crippen molar-refractivity contribution in [3.8, 4) is 0 Å². The van der Waals surface area contributed by atoms with Gasteiger partial charge in [0.05, 0.1) is 12.1 Å². The van der Waals surface area contributed by atoms with Crippen LogP contribution in [0.4, 0.5) is 4.79 Å². The van der Waals surface area contributed by atoms with E-state index in [9.17, 15) is 9.59 Å². The molecule has 0 saturated heterocycles. The van der Waals surface area contributed by atoms with Crippen LogP contribution in [0.2, 0.25) is 0 Å². The molecule has 1 aromatic heterocycles. The summed E-state index contributed by atoms with van der Waals surface area (Å²) in [4.78, 5) is 27.5. The van der Waals surface area contributed by atoms with Gasteiger partial charge in [-0.15, -0.1) is 11.3 Å². The number of carboxylic acids is 1. The second-order valence-corrected chi connectivity index (χ2v) is 3.85. The van der Waals surface area contributed by atoms with Gasteiger partial charge < -0.3 is 15.3 Å². The van der Waals surface area contributed by atoms with E-state index >= 15 is 0 Å². The second kappa shape index (κ2) is 5.30. The number of rotatable bonds is 4. The Balaban J connectivity index is 2.32. The van der Waals surface area contributed by atoms with E-state index in [0.717, 1.165) is 9.78 Å². The van der Waals surface area contributed by atoms with Gasteiger partial charge in [0.1, 0.15) is 6.54 Å². The number of hydrogen-bond acceptors (Lipinski definition) is 4. The minimum Gasteiger partial charge on any atom is -0.480 e. The fourth-order valence-corrected chi connectivity index (χ4v) is 1.44. The Bertz CT molecular complexity index is 339. The summed E-state index contributed by atoms with van der Waals surface area (Å²) < 4.78 is 0. The highest BCUT2D eigenvalue weighted by Gasteiger charge is 2.11. The Morgan fingerprint density at radius 3 is 2.93 bits per heavy atom. The highest BCUT2D eigenvalue weighted by atomic mass is 32.1. The molecule has 1 aromatic rings. The first-order valence-electron chi connectivity index (χ1n) is 4.17. The molecule has 0 spiro atoms. The molecule has 15 heavy (non-hydrogen) atoms. The van der Waals surface area contributed by atoms with Crippen LogP contribution < -0.4 is 5.32 Å². The van der Waals surface area contributed by atoms with Crippen molar-refractivity contribution in [2.45, 2.75) is 6.54 Å². The average Bonchev–Trinajstić information content (AvgIpc) is 2.65. The summed E-state index contributed by atoms with van der Waals surface area (Å²) in [6.45, 7) is 0.0575. The van der Waals surface area contributed by atoms with Crippen LogP contribution in [-0.4, -0.2) is 40.6 Å².